The van der Waals surface area contributed by atoms with Crippen LogP contribution in [0.25, 0.3) is 0 Å². The Morgan fingerprint density at radius 3 is 1.87 bits per heavy atom. The molecule has 0 saturated carbocycles. The third-order valence-corrected chi connectivity index (χ3v) is 4.46. The van der Waals surface area contributed by atoms with Crippen LogP contribution in [0, 0.1) is 11.8 Å². The van der Waals surface area contributed by atoms with Crippen molar-refractivity contribution in [3.8, 4) is 0 Å². The average Bonchev–Trinajstić information content (AvgIpc) is 2.66. The van der Waals surface area contributed by atoms with Crippen LogP contribution in [0.1, 0.15) is 46.1 Å². The van der Waals surface area contributed by atoms with Crippen molar-refractivity contribution < 1.29 is 14.4 Å². The highest BCUT2D eigenvalue weighted by Gasteiger charge is 2.28. The van der Waals surface area contributed by atoms with Crippen LogP contribution < -0.4 is 27.6 Å². The maximum Gasteiger partial charge on any atom is 0.256 e. The molecule has 0 saturated heterocycles. The number of carbonyl (C=O) groups is 3. The van der Waals surface area contributed by atoms with Gasteiger partial charge in [0.25, 0.3) is 5.91 Å². The van der Waals surface area contributed by atoms with Gasteiger partial charge in [0.2, 0.25) is 11.8 Å². The van der Waals surface area contributed by atoms with E-state index >= 15 is 0 Å². The Bertz CT molecular complexity index is 670. The van der Waals surface area contributed by atoms with E-state index in [9.17, 15) is 14.4 Å². The summed E-state index contributed by atoms with van der Waals surface area (Å²) in [6, 6.07) is 6.99. The number of nitrogens with one attached hydrogen (secondary N) is 3. The summed E-state index contributed by atoms with van der Waals surface area (Å²) in [4.78, 5) is 37.5. The van der Waals surface area contributed by atoms with E-state index in [4.69, 9.17) is 11.6 Å². The number of hydrogen-bond donors (Lipinski definition) is 5. The lowest BCUT2D eigenvalue weighted by molar-refractivity contribution is -0.132. The smallest absolute Gasteiger partial charge is 0.256 e. The molecule has 1 aromatic rings. The largest absolute Gasteiger partial charge is 0.343 e. The highest BCUT2D eigenvalue weighted by atomic mass is 35.5. The van der Waals surface area contributed by atoms with Gasteiger partial charge >= 0.3 is 0 Å². The molecule has 3 unspecified atom stereocenters. The Labute approximate surface area is 185 Å². The predicted octanol–water partition coefficient (Wildman–Crippen LogP) is 1.03. The van der Waals surface area contributed by atoms with Gasteiger partial charge in [-0.1, -0.05) is 58.0 Å². The van der Waals surface area contributed by atoms with Gasteiger partial charge in [0.15, 0.2) is 0 Å². The Kier molecular flexibility index (Phi) is 12.9. The van der Waals surface area contributed by atoms with Crippen LogP contribution in [0.15, 0.2) is 30.3 Å². The van der Waals surface area contributed by atoms with Crippen LogP contribution in [0.4, 0.5) is 0 Å². The molecule has 0 spiro atoms. The monoisotopic (exact) mass is 441 g/mol. The third-order valence-electron chi connectivity index (χ3n) is 4.46. The molecule has 1 aromatic carbocycles. The van der Waals surface area contributed by atoms with Crippen LogP contribution in [0.2, 0.25) is 0 Å². The van der Waals surface area contributed by atoms with Crippen LogP contribution >= 0.6 is 12.4 Å². The maximum absolute atomic E-state index is 13.0. The van der Waals surface area contributed by atoms with Gasteiger partial charge in [-0.2, -0.15) is 0 Å². The first-order valence-electron chi connectivity index (χ1n) is 10.0. The predicted molar refractivity (Wildman–Crippen MR) is 120 cm³/mol. The van der Waals surface area contributed by atoms with Gasteiger partial charge < -0.3 is 16.4 Å². The highest BCUT2D eigenvalue weighted by Crippen LogP contribution is 2.09. The molecule has 0 aliphatic rings. The quantitative estimate of drug-likeness (QED) is 0.198. The molecule has 0 bridgehead atoms. The zero-order valence-electron chi connectivity index (χ0n) is 18.2. The molecule has 0 aliphatic carbocycles. The molecule has 3 amide bonds. The molecule has 3 atom stereocenters. The Balaban J connectivity index is 0.00000841. The van der Waals surface area contributed by atoms with E-state index in [1.165, 1.54) is 0 Å². The van der Waals surface area contributed by atoms with Crippen molar-refractivity contribution in [3.05, 3.63) is 35.9 Å². The normalized spacial score (nSPS) is 13.7. The van der Waals surface area contributed by atoms with Crippen molar-refractivity contribution in [2.75, 3.05) is 0 Å². The molecule has 0 heterocycles. The van der Waals surface area contributed by atoms with Gasteiger partial charge in [0.1, 0.15) is 12.1 Å². The molecule has 30 heavy (non-hydrogen) atoms. The Hall–Kier alpha value is -2.16. The summed E-state index contributed by atoms with van der Waals surface area (Å²) in [6.45, 7) is 7.83. The molecular formula is C21H36ClN5O3. The summed E-state index contributed by atoms with van der Waals surface area (Å²) in [7, 11) is 0. The zero-order chi connectivity index (χ0) is 22.0. The van der Waals surface area contributed by atoms with E-state index in [1.807, 2.05) is 58.0 Å². The van der Waals surface area contributed by atoms with E-state index in [0.717, 1.165) is 5.56 Å². The molecule has 0 aliphatic heterocycles. The maximum atomic E-state index is 13.0. The second kappa shape index (κ2) is 14.0. The number of hydrogen-bond acceptors (Lipinski definition) is 5. The van der Waals surface area contributed by atoms with E-state index in [1.54, 1.807) is 0 Å². The van der Waals surface area contributed by atoms with Crippen molar-refractivity contribution in [2.24, 2.45) is 23.4 Å². The standard InChI is InChI=1S/C21H35N5O3.ClH/c1-13(2)10-16(22)19(27)24-18(12-15-8-6-5-7-9-15)20(28)25-17(11-14(3)4)21(29)26-23;/h5-9,13-14,16-18H,10-12,22-23H2,1-4H3,(H,24,27)(H,25,28)(H,26,29);1H. The zero-order valence-corrected chi connectivity index (χ0v) is 19.0. The van der Waals surface area contributed by atoms with Gasteiger partial charge in [0.05, 0.1) is 6.04 Å². The molecule has 0 fully saturated rings. The van der Waals surface area contributed by atoms with Gasteiger partial charge in [-0.25, -0.2) is 5.84 Å². The number of amides is 3. The minimum Gasteiger partial charge on any atom is -0.343 e. The summed E-state index contributed by atoms with van der Waals surface area (Å²) < 4.78 is 0. The summed E-state index contributed by atoms with van der Waals surface area (Å²) in [5.41, 5.74) is 8.94. The number of hydrazine groups is 1. The van der Waals surface area contributed by atoms with Gasteiger partial charge in [-0.05, 0) is 30.2 Å². The molecular weight excluding hydrogens is 406 g/mol. The topological polar surface area (TPSA) is 139 Å². The van der Waals surface area contributed by atoms with Gasteiger partial charge in [-0.3, -0.25) is 19.8 Å². The number of rotatable bonds is 11. The summed E-state index contributed by atoms with van der Waals surface area (Å²) in [5, 5.41) is 5.47. The lowest BCUT2D eigenvalue weighted by atomic mass is 10.00. The molecule has 0 radical (unpaired) electrons. The number of halogens is 1. The highest BCUT2D eigenvalue weighted by molar-refractivity contribution is 5.93. The lowest BCUT2D eigenvalue weighted by Crippen LogP contribution is -2.57. The van der Waals surface area contributed by atoms with Crippen molar-refractivity contribution in [3.63, 3.8) is 0 Å². The van der Waals surface area contributed by atoms with Crippen LogP contribution in [-0.2, 0) is 20.8 Å². The minimum atomic E-state index is -0.858. The summed E-state index contributed by atoms with van der Waals surface area (Å²) in [5.74, 6) is 4.35. The average molecular weight is 442 g/mol. The van der Waals surface area contributed by atoms with Gasteiger partial charge in [-0.15, -0.1) is 12.4 Å². The Morgan fingerprint density at radius 1 is 0.833 bits per heavy atom. The van der Waals surface area contributed by atoms with Crippen molar-refractivity contribution in [1.82, 2.24) is 16.1 Å². The van der Waals surface area contributed by atoms with E-state index in [2.05, 4.69) is 16.1 Å². The lowest BCUT2D eigenvalue weighted by Gasteiger charge is -2.25. The fourth-order valence-corrected chi connectivity index (χ4v) is 3.03. The van der Waals surface area contributed by atoms with Crippen LogP contribution in [-0.4, -0.2) is 35.8 Å². The fraction of sp³-hybridized carbons (Fsp3) is 0.571. The van der Waals surface area contributed by atoms with Gasteiger partial charge in [0, 0.05) is 6.42 Å². The molecule has 9 heteroatoms. The third kappa shape index (κ3) is 10.0. The Morgan fingerprint density at radius 2 is 1.37 bits per heavy atom. The summed E-state index contributed by atoms with van der Waals surface area (Å²) >= 11 is 0. The first-order valence-corrected chi connectivity index (χ1v) is 10.0. The second-order valence-electron chi connectivity index (χ2n) is 8.19. The molecule has 7 N–H and O–H groups in total. The number of carbonyl (C=O) groups excluding carboxylic acids is 3. The SMILES string of the molecule is CC(C)CC(N)C(=O)NC(Cc1ccccc1)C(=O)NC(CC(C)C)C(=O)NN.Cl. The van der Waals surface area contributed by atoms with E-state index < -0.39 is 35.8 Å². The minimum absolute atomic E-state index is 0. The molecule has 1 rings (SSSR count). The molecule has 8 nitrogen and oxygen atoms in total. The van der Waals surface area contributed by atoms with E-state index in [-0.39, 0.29) is 30.7 Å². The number of benzene rings is 1. The van der Waals surface area contributed by atoms with Crippen LogP contribution in [0.3, 0.4) is 0 Å². The van der Waals surface area contributed by atoms with Crippen LogP contribution in [0.5, 0.6) is 0 Å². The van der Waals surface area contributed by atoms with Crippen molar-refractivity contribution in [1.29, 1.82) is 0 Å². The second-order valence-corrected chi connectivity index (χ2v) is 8.19. The molecule has 0 aromatic heterocycles. The summed E-state index contributed by atoms with van der Waals surface area (Å²) in [6.07, 6.45) is 1.22. The first kappa shape index (κ1) is 27.8. The van der Waals surface area contributed by atoms with Crippen molar-refractivity contribution in [2.45, 2.75) is 65.1 Å². The molecule has 170 valence electrons. The number of nitrogens with two attached hydrogens (primary N) is 2. The van der Waals surface area contributed by atoms with E-state index in [0.29, 0.717) is 12.8 Å². The van der Waals surface area contributed by atoms with Crippen molar-refractivity contribution >= 4 is 30.1 Å². The first-order chi connectivity index (χ1) is 13.6. The fourth-order valence-electron chi connectivity index (χ4n) is 3.03.